The zero-order chi connectivity index (χ0) is 15.3. The van der Waals surface area contributed by atoms with Gasteiger partial charge in [0.25, 0.3) is 5.91 Å². The number of carbonyl (C=O) groups is 2. The van der Waals surface area contributed by atoms with Gasteiger partial charge in [0, 0.05) is 23.0 Å². The predicted octanol–water partition coefficient (Wildman–Crippen LogP) is 2.33. The van der Waals surface area contributed by atoms with Crippen molar-refractivity contribution in [1.29, 1.82) is 0 Å². The van der Waals surface area contributed by atoms with Crippen molar-refractivity contribution in [1.82, 2.24) is 10.6 Å². The highest BCUT2D eigenvalue weighted by Crippen LogP contribution is 2.31. The maximum atomic E-state index is 12.4. The van der Waals surface area contributed by atoms with Gasteiger partial charge in [-0.05, 0) is 66.1 Å². The lowest BCUT2D eigenvalue weighted by molar-refractivity contribution is 0.0928. The molecule has 114 valence electrons. The van der Waals surface area contributed by atoms with E-state index in [1.54, 1.807) is 12.1 Å². The molecule has 1 aromatic heterocycles. The first-order chi connectivity index (χ1) is 10.7. The fourth-order valence-corrected chi connectivity index (χ4v) is 4.25. The second-order valence-electron chi connectivity index (χ2n) is 6.04. The van der Waals surface area contributed by atoms with Gasteiger partial charge in [0.05, 0.1) is 3.57 Å². The topological polar surface area (TPSA) is 71.3 Å². The minimum Gasteiger partial charge on any atom is -0.452 e. The molecule has 6 heteroatoms. The van der Waals surface area contributed by atoms with E-state index in [0.717, 1.165) is 28.3 Å². The summed E-state index contributed by atoms with van der Waals surface area (Å²) in [5.74, 6) is 0.922. The molecular formula is C16H15IN2O3. The highest BCUT2D eigenvalue weighted by atomic mass is 127. The van der Waals surface area contributed by atoms with Crippen LogP contribution in [0.3, 0.4) is 0 Å². The fourth-order valence-electron chi connectivity index (χ4n) is 3.57. The molecule has 22 heavy (non-hydrogen) atoms. The first-order valence-electron chi connectivity index (χ1n) is 7.37. The summed E-state index contributed by atoms with van der Waals surface area (Å²) in [6.45, 7) is 1.07. The number of piperidine rings is 1. The summed E-state index contributed by atoms with van der Waals surface area (Å²) >= 11 is 2.08. The zero-order valence-corrected chi connectivity index (χ0v) is 13.9. The van der Waals surface area contributed by atoms with E-state index in [1.165, 1.54) is 0 Å². The van der Waals surface area contributed by atoms with Gasteiger partial charge in [0.1, 0.15) is 5.58 Å². The third-order valence-corrected chi connectivity index (χ3v) is 5.78. The molecule has 2 N–H and O–H groups in total. The summed E-state index contributed by atoms with van der Waals surface area (Å²) in [7, 11) is 0. The molecule has 5 nitrogen and oxygen atoms in total. The first-order valence-corrected chi connectivity index (χ1v) is 8.45. The fraction of sp³-hybridized carbons (Fsp3) is 0.375. The van der Waals surface area contributed by atoms with Crippen molar-refractivity contribution in [3.63, 3.8) is 0 Å². The minimum atomic E-state index is -0.0830. The van der Waals surface area contributed by atoms with Crippen LogP contribution in [0, 0.1) is 9.49 Å². The van der Waals surface area contributed by atoms with Gasteiger partial charge in [-0.15, -0.1) is 0 Å². The number of furan rings is 1. The average Bonchev–Trinajstić information content (AvgIpc) is 3.21. The molecule has 4 rings (SSSR count). The lowest BCUT2D eigenvalue weighted by atomic mass is 10.1. The van der Waals surface area contributed by atoms with Crippen LogP contribution in [0.15, 0.2) is 22.6 Å². The molecule has 2 fully saturated rings. The lowest BCUT2D eigenvalue weighted by Gasteiger charge is -2.23. The molecule has 2 aromatic rings. The van der Waals surface area contributed by atoms with E-state index in [0.29, 0.717) is 35.2 Å². The normalized spacial score (nSPS) is 26.5. The van der Waals surface area contributed by atoms with E-state index in [-0.39, 0.29) is 11.9 Å². The van der Waals surface area contributed by atoms with Gasteiger partial charge in [-0.1, -0.05) is 0 Å². The molecule has 1 aromatic carbocycles. The Balaban J connectivity index is 1.58. The number of hydrogen-bond donors (Lipinski definition) is 2. The van der Waals surface area contributed by atoms with Crippen molar-refractivity contribution in [2.75, 3.05) is 6.54 Å². The summed E-state index contributed by atoms with van der Waals surface area (Å²) in [5.41, 5.74) is 1.14. The first kappa shape index (κ1) is 14.2. The van der Waals surface area contributed by atoms with Crippen molar-refractivity contribution in [3.05, 3.63) is 33.1 Å². The van der Waals surface area contributed by atoms with Crippen LogP contribution in [-0.4, -0.2) is 30.8 Å². The Morgan fingerprint density at radius 2 is 2.27 bits per heavy atom. The van der Waals surface area contributed by atoms with Crippen LogP contribution < -0.4 is 10.6 Å². The largest absolute Gasteiger partial charge is 0.452 e. The molecule has 2 aliphatic rings. The van der Waals surface area contributed by atoms with E-state index in [4.69, 9.17) is 4.42 Å². The van der Waals surface area contributed by atoms with Crippen LogP contribution in [0.5, 0.6) is 0 Å². The number of hydrogen-bond acceptors (Lipinski definition) is 4. The van der Waals surface area contributed by atoms with Crippen LogP contribution in [0.4, 0.5) is 0 Å². The van der Waals surface area contributed by atoms with E-state index < -0.39 is 0 Å². The van der Waals surface area contributed by atoms with E-state index in [1.807, 2.05) is 6.07 Å². The Labute approximate surface area is 140 Å². The van der Waals surface area contributed by atoms with Gasteiger partial charge in [-0.3, -0.25) is 9.59 Å². The predicted molar refractivity (Wildman–Crippen MR) is 90.1 cm³/mol. The van der Waals surface area contributed by atoms with Crippen LogP contribution >= 0.6 is 22.6 Å². The van der Waals surface area contributed by atoms with Crippen molar-refractivity contribution in [2.24, 2.45) is 5.92 Å². The molecule has 0 spiro atoms. The van der Waals surface area contributed by atoms with Crippen LogP contribution in [-0.2, 0) is 0 Å². The Hall–Kier alpha value is -1.41. The summed E-state index contributed by atoms with van der Waals surface area (Å²) in [4.78, 5) is 23.4. The highest BCUT2D eigenvalue weighted by Gasteiger charge is 2.40. The average molecular weight is 410 g/mol. The number of benzene rings is 1. The number of rotatable bonds is 3. The van der Waals surface area contributed by atoms with Gasteiger partial charge in [0.15, 0.2) is 12.0 Å². The third-order valence-electron chi connectivity index (χ3n) is 4.67. The maximum Gasteiger partial charge on any atom is 0.251 e. The monoisotopic (exact) mass is 410 g/mol. The molecule has 1 saturated heterocycles. The zero-order valence-electron chi connectivity index (χ0n) is 11.8. The number of halogens is 1. The van der Waals surface area contributed by atoms with Crippen molar-refractivity contribution >= 4 is 45.8 Å². The molecule has 1 saturated carbocycles. The second kappa shape index (κ2) is 5.34. The van der Waals surface area contributed by atoms with Gasteiger partial charge >= 0.3 is 0 Å². The minimum absolute atomic E-state index is 0.0830. The van der Waals surface area contributed by atoms with Gasteiger partial charge in [0.2, 0.25) is 0 Å². The highest BCUT2D eigenvalue weighted by molar-refractivity contribution is 14.1. The lowest BCUT2D eigenvalue weighted by Crippen LogP contribution is -2.47. The maximum absolute atomic E-state index is 12.4. The SMILES string of the molecule is O=Cc1oc2cc(C(=O)NC3CC4CNC3C4)ccc2c1I. The number of amides is 1. The van der Waals surface area contributed by atoms with Gasteiger partial charge in [-0.25, -0.2) is 0 Å². The molecule has 3 unspecified atom stereocenters. The number of carbonyl (C=O) groups excluding carboxylic acids is 2. The van der Waals surface area contributed by atoms with Crippen molar-refractivity contribution in [3.8, 4) is 0 Å². The summed E-state index contributed by atoms with van der Waals surface area (Å²) in [6, 6.07) is 5.94. The Bertz CT molecular complexity index is 770. The summed E-state index contributed by atoms with van der Waals surface area (Å²) in [6.07, 6.45) is 2.91. The van der Waals surface area contributed by atoms with Crippen LogP contribution in [0.2, 0.25) is 0 Å². The van der Waals surface area contributed by atoms with Crippen LogP contribution in [0.1, 0.15) is 33.8 Å². The molecular weight excluding hydrogens is 395 g/mol. The molecule has 2 bridgehead atoms. The summed E-state index contributed by atoms with van der Waals surface area (Å²) < 4.78 is 6.27. The molecule has 1 aliphatic carbocycles. The van der Waals surface area contributed by atoms with Gasteiger partial charge in [-0.2, -0.15) is 0 Å². The smallest absolute Gasteiger partial charge is 0.251 e. The van der Waals surface area contributed by atoms with Gasteiger partial charge < -0.3 is 15.1 Å². The molecule has 2 heterocycles. The molecule has 3 atom stereocenters. The number of fused-ring (bicyclic) bond motifs is 3. The number of aldehydes is 1. The molecule has 1 aliphatic heterocycles. The second-order valence-corrected chi connectivity index (χ2v) is 7.12. The van der Waals surface area contributed by atoms with E-state index >= 15 is 0 Å². The van der Waals surface area contributed by atoms with Crippen molar-refractivity contribution in [2.45, 2.75) is 24.9 Å². The summed E-state index contributed by atoms with van der Waals surface area (Å²) in [5, 5.41) is 7.41. The molecule has 0 radical (unpaired) electrons. The molecule has 1 amide bonds. The van der Waals surface area contributed by atoms with Crippen molar-refractivity contribution < 1.29 is 14.0 Å². The third kappa shape index (κ3) is 2.25. The Morgan fingerprint density at radius 1 is 1.41 bits per heavy atom. The Kier molecular flexibility index (Phi) is 3.45. The van der Waals surface area contributed by atoms with Crippen LogP contribution in [0.25, 0.3) is 11.0 Å². The standard InChI is InChI=1S/C16H15IN2O3/c17-15-10-2-1-9(5-13(10)22-14(15)7-20)16(21)19-12-4-8-3-11(12)18-6-8/h1-2,5,7-8,11-12,18H,3-4,6H2,(H,19,21). The quantitative estimate of drug-likeness (QED) is 0.602. The van der Waals surface area contributed by atoms with E-state index in [9.17, 15) is 9.59 Å². The number of nitrogens with one attached hydrogen (secondary N) is 2. The van der Waals surface area contributed by atoms with E-state index in [2.05, 4.69) is 33.2 Å². The Morgan fingerprint density at radius 3 is 2.95 bits per heavy atom.